The Bertz CT molecular complexity index is 579. The fourth-order valence-electron chi connectivity index (χ4n) is 2.06. The van der Waals surface area contributed by atoms with Crippen LogP contribution in [0.1, 0.15) is 35.0 Å². The first-order valence-electron chi connectivity index (χ1n) is 6.55. The van der Waals surface area contributed by atoms with Crippen molar-refractivity contribution in [2.24, 2.45) is 0 Å². The van der Waals surface area contributed by atoms with Gasteiger partial charge < -0.3 is 14.8 Å². The summed E-state index contributed by atoms with van der Waals surface area (Å²) < 4.78 is 5.28. The Morgan fingerprint density at radius 1 is 1.50 bits per heavy atom. The Morgan fingerprint density at radius 3 is 2.95 bits per heavy atom. The molecule has 0 spiro atoms. The van der Waals surface area contributed by atoms with Gasteiger partial charge in [-0.15, -0.1) is 0 Å². The first-order valence-corrected chi connectivity index (χ1v) is 6.55. The lowest BCUT2D eigenvalue weighted by atomic mass is 10.1. The molecule has 0 amide bonds. The maximum absolute atomic E-state index is 11.3. The van der Waals surface area contributed by atoms with Crippen LogP contribution < -0.4 is 5.32 Å². The molecule has 0 bridgehead atoms. The third-order valence-electron chi connectivity index (χ3n) is 3.16. The number of hydrogen-bond donors (Lipinski definition) is 2. The van der Waals surface area contributed by atoms with Gasteiger partial charge in [0.05, 0.1) is 6.26 Å². The van der Waals surface area contributed by atoms with Crippen LogP contribution >= 0.6 is 0 Å². The first kappa shape index (κ1) is 14.1. The zero-order valence-corrected chi connectivity index (χ0v) is 11.6. The monoisotopic (exact) mass is 274 g/mol. The van der Waals surface area contributed by atoms with Gasteiger partial charge in [-0.1, -0.05) is 0 Å². The van der Waals surface area contributed by atoms with Crippen LogP contribution in [-0.4, -0.2) is 22.1 Å². The number of rotatable bonds is 6. The number of aromatic carboxylic acids is 1. The third kappa shape index (κ3) is 3.38. The molecule has 1 atom stereocenters. The summed E-state index contributed by atoms with van der Waals surface area (Å²) in [7, 11) is 0. The number of anilines is 1. The Morgan fingerprint density at radius 2 is 2.30 bits per heavy atom. The zero-order valence-electron chi connectivity index (χ0n) is 11.6. The molecule has 106 valence electrons. The van der Waals surface area contributed by atoms with Crippen LogP contribution in [0.4, 0.5) is 5.82 Å². The normalized spacial score (nSPS) is 12.1. The summed E-state index contributed by atoms with van der Waals surface area (Å²) in [5.41, 5.74) is 0.936. The van der Waals surface area contributed by atoms with Crippen molar-refractivity contribution in [3.8, 4) is 0 Å². The van der Waals surface area contributed by atoms with Gasteiger partial charge in [-0.2, -0.15) is 0 Å². The molecule has 0 saturated heterocycles. The number of furan rings is 1. The lowest BCUT2D eigenvalue weighted by molar-refractivity contribution is 0.0696. The highest BCUT2D eigenvalue weighted by molar-refractivity contribution is 5.94. The fourth-order valence-corrected chi connectivity index (χ4v) is 2.06. The average Bonchev–Trinajstić information content (AvgIpc) is 2.89. The van der Waals surface area contributed by atoms with E-state index in [0.717, 1.165) is 18.6 Å². The molecule has 5 nitrogen and oxygen atoms in total. The van der Waals surface area contributed by atoms with E-state index in [-0.39, 0.29) is 11.6 Å². The zero-order chi connectivity index (χ0) is 14.5. The van der Waals surface area contributed by atoms with Crippen LogP contribution in [0.2, 0.25) is 0 Å². The molecule has 0 radical (unpaired) electrons. The van der Waals surface area contributed by atoms with Crippen molar-refractivity contribution >= 4 is 11.8 Å². The average molecular weight is 274 g/mol. The molecule has 0 aliphatic rings. The van der Waals surface area contributed by atoms with Crippen molar-refractivity contribution in [3.63, 3.8) is 0 Å². The van der Waals surface area contributed by atoms with Gasteiger partial charge >= 0.3 is 5.97 Å². The summed E-state index contributed by atoms with van der Waals surface area (Å²) in [6, 6.07) is 5.59. The molecular formula is C15H18N2O3. The summed E-state index contributed by atoms with van der Waals surface area (Å²) in [6.07, 6.45) is 4.90. The van der Waals surface area contributed by atoms with Crippen molar-refractivity contribution in [1.29, 1.82) is 0 Å². The highest BCUT2D eigenvalue weighted by Crippen LogP contribution is 2.18. The van der Waals surface area contributed by atoms with Crippen molar-refractivity contribution in [2.75, 3.05) is 5.32 Å². The second-order valence-electron chi connectivity index (χ2n) is 4.82. The Balaban J connectivity index is 2.02. The quantitative estimate of drug-likeness (QED) is 0.846. The molecule has 1 unspecified atom stereocenters. The third-order valence-corrected chi connectivity index (χ3v) is 3.16. The van der Waals surface area contributed by atoms with Gasteiger partial charge in [-0.25, -0.2) is 9.78 Å². The molecule has 0 aliphatic heterocycles. The van der Waals surface area contributed by atoms with E-state index in [4.69, 9.17) is 4.42 Å². The number of carboxylic acids is 1. The summed E-state index contributed by atoms with van der Waals surface area (Å²) in [4.78, 5) is 15.4. The smallest absolute Gasteiger partial charge is 0.339 e. The van der Waals surface area contributed by atoms with E-state index in [0.29, 0.717) is 11.4 Å². The predicted molar refractivity (Wildman–Crippen MR) is 76.0 cm³/mol. The van der Waals surface area contributed by atoms with Crippen LogP contribution in [-0.2, 0) is 6.42 Å². The number of carboxylic acid groups (broad SMARTS) is 1. The summed E-state index contributed by atoms with van der Waals surface area (Å²) in [5, 5.41) is 12.4. The minimum Gasteiger partial charge on any atom is -0.478 e. The van der Waals surface area contributed by atoms with Crippen molar-refractivity contribution in [1.82, 2.24) is 4.98 Å². The van der Waals surface area contributed by atoms with Gasteiger partial charge in [0, 0.05) is 18.7 Å². The highest BCUT2D eigenvalue weighted by atomic mass is 16.4. The number of nitrogens with one attached hydrogen (secondary N) is 1. The van der Waals surface area contributed by atoms with Crippen LogP contribution in [0.15, 0.2) is 35.1 Å². The standard InChI is InChI=1S/C15H18N2O3/c1-10-7-8-16-14(13(10)15(18)19)17-11(2)5-6-12-4-3-9-20-12/h3-4,7-9,11H,5-6H2,1-2H3,(H,16,17)(H,18,19). The van der Waals surface area contributed by atoms with Gasteiger partial charge in [-0.3, -0.25) is 0 Å². The van der Waals surface area contributed by atoms with Gasteiger partial charge in [0.1, 0.15) is 17.1 Å². The molecule has 0 aliphatic carbocycles. The second kappa shape index (κ2) is 6.23. The van der Waals surface area contributed by atoms with Gasteiger partial charge in [0.15, 0.2) is 0 Å². The number of pyridine rings is 1. The maximum atomic E-state index is 11.3. The van der Waals surface area contributed by atoms with E-state index >= 15 is 0 Å². The lowest BCUT2D eigenvalue weighted by Gasteiger charge is -2.16. The summed E-state index contributed by atoms with van der Waals surface area (Å²) >= 11 is 0. The minimum absolute atomic E-state index is 0.104. The predicted octanol–water partition coefficient (Wildman–Crippen LogP) is 3.11. The van der Waals surface area contributed by atoms with Crippen LogP contribution in [0.25, 0.3) is 0 Å². The van der Waals surface area contributed by atoms with E-state index in [9.17, 15) is 9.90 Å². The largest absolute Gasteiger partial charge is 0.478 e. The lowest BCUT2D eigenvalue weighted by Crippen LogP contribution is -2.19. The van der Waals surface area contributed by atoms with E-state index in [2.05, 4.69) is 10.3 Å². The number of hydrogen-bond acceptors (Lipinski definition) is 4. The molecule has 2 aromatic heterocycles. The van der Waals surface area contributed by atoms with Crippen molar-refractivity contribution in [3.05, 3.63) is 47.5 Å². The molecule has 20 heavy (non-hydrogen) atoms. The van der Waals surface area contributed by atoms with E-state index < -0.39 is 5.97 Å². The van der Waals surface area contributed by atoms with Gasteiger partial charge in [-0.05, 0) is 44.0 Å². The van der Waals surface area contributed by atoms with Gasteiger partial charge in [0.25, 0.3) is 0 Å². The number of aromatic nitrogens is 1. The van der Waals surface area contributed by atoms with Crippen molar-refractivity contribution in [2.45, 2.75) is 32.7 Å². The molecule has 0 fully saturated rings. The maximum Gasteiger partial charge on any atom is 0.339 e. The van der Waals surface area contributed by atoms with E-state index in [1.807, 2.05) is 19.1 Å². The fraction of sp³-hybridized carbons (Fsp3) is 0.333. The Labute approximate surface area is 117 Å². The van der Waals surface area contributed by atoms with Crippen LogP contribution in [0.5, 0.6) is 0 Å². The highest BCUT2D eigenvalue weighted by Gasteiger charge is 2.16. The molecule has 2 heterocycles. The Hall–Kier alpha value is -2.30. The SMILES string of the molecule is Cc1ccnc(NC(C)CCc2ccco2)c1C(=O)O. The molecule has 2 N–H and O–H groups in total. The van der Waals surface area contributed by atoms with Crippen LogP contribution in [0, 0.1) is 6.92 Å². The molecule has 2 rings (SSSR count). The van der Waals surface area contributed by atoms with Crippen LogP contribution in [0.3, 0.4) is 0 Å². The number of nitrogens with zero attached hydrogens (tertiary/aromatic N) is 1. The topological polar surface area (TPSA) is 75.4 Å². The molecule has 0 aromatic carbocycles. The molecule has 5 heteroatoms. The van der Waals surface area contributed by atoms with E-state index in [1.54, 1.807) is 25.5 Å². The Kier molecular flexibility index (Phi) is 4.40. The summed E-state index contributed by atoms with van der Waals surface area (Å²) in [5.74, 6) is 0.384. The molecule has 0 saturated carbocycles. The van der Waals surface area contributed by atoms with E-state index in [1.165, 1.54) is 0 Å². The van der Waals surface area contributed by atoms with Gasteiger partial charge in [0.2, 0.25) is 0 Å². The number of aryl methyl sites for hydroxylation is 2. The second-order valence-corrected chi connectivity index (χ2v) is 4.82. The van der Waals surface area contributed by atoms with Crippen molar-refractivity contribution < 1.29 is 14.3 Å². The molecule has 2 aromatic rings. The molecular weight excluding hydrogens is 256 g/mol. The first-order chi connectivity index (χ1) is 9.58. The minimum atomic E-state index is -0.962. The number of carbonyl (C=O) groups is 1. The summed E-state index contributed by atoms with van der Waals surface area (Å²) in [6.45, 7) is 3.77.